The Kier molecular flexibility index (Phi) is 6.61. The number of nitrogens with one attached hydrogen (secondary N) is 1. The lowest BCUT2D eigenvalue weighted by Crippen LogP contribution is -2.41. The van der Waals surface area contributed by atoms with E-state index in [9.17, 15) is 4.79 Å². The number of hydrogen-bond acceptors (Lipinski definition) is 8. The molecule has 1 amide bonds. The van der Waals surface area contributed by atoms with Crippen LogP contribution in [0, 0.1) is 0 Å². The third-order valence-corrected chi connectivity index (χ3v) is 4.28. The fraction of sp³-hybridized carbons (Fsp3) is 0.500. The van der Waals surface area contributed by atoms with Gasteiger partial charge in [0.1, 0.15) is 0 Å². The Morgan fingerprint density at radius 2 is 1.96 bits per heavy atom. The van der Waals surface area contributed by atoms with Crippen LogP contribution < -0.4 is 14.8 Å². The number of amides is 1. The zero-order valence-electron chi connectivity index (χ0n) is 15.6. The standard InChI is InChI=1S/C18H24N4O5/c1-24-14-4-3-13(11-15(14)25-2)12-16-20-21-18(27-16)17(23)19-5-6-22-7-9-26-10-8-22/h3-4,11H,5-10,12H2,1-2H3,(H,19,23). The Morgan fingerprint density at radius 1 is 1.19 bits per heavy atom. The molecule has 146 valence electrons. The first-order valence-corrected chi connectivity index (χ1v) is 8.81. The summed E-state index contributed by atoms with van der Waals surface area (Å²) in [6, 6.07) is 5.53. The number of carbonyl (C=O) groups is 1. The fourth-order valence-corrected chi connectivity index (χ4v) is 2.81. The first-order valence-electron chi connectivity index (χ1n) is 8.81. The van der Waals surface area contributed by atoms with Crippen molar-refractivity contribution in [2.75, 3.05) is 53.6 Å². The summed E-state index contributed by atoms with van der Waals surface area (Å²) in [6.07, 6.45) is 0.397. The van der Waals surface area contributed by atoms with Crippen LogP contribution in [0.1, 0.15) is 22.1 Å². The predicted octanol–water partition coefficient (Wildman–Crippen LogP) is 0.740. The van der Waals surface area contributed by atoms with Gasteiger partial charge in [-0.3, -0.25) is 9.69 Å². The quantitative estimate of drug-likeness (QED) is 0.720. The van der Waals surface area contributed by atoms with Crippen LogP contribution in [0.3, 0.4) is 0 Å². The Morgan fingerprint density at radius 3 is 2.70 bits per heavy atom. The summed E-state index contributed by atoms with van der Waals surface area (Å²) in [5.74, 6) is 1.23. The maximum absolute atomic E-state index is 12.1. The van der Waals surface area contributed by atoms with Crippen LogP contribution in [0.25, 0.3) is 0 Å². The van der Waals surface area contributed by atoms with Gasteiger partial charge in [0.15, 0.2) is 11.5 Å². The monoisotopic (exact) mass is 376 g/mol. The molecule has 0 radical (unpaired) electrons. The van der Waals surface area contributed by atoms with Crippen LogP contribution in [0.5, 0.6) is 11.5 Å². The third-order valence-electron chi connectivity index (χ3n) is 4.28. The summed E-state index contributed by atoms with van der Waals surface area (Å²) in [6.45, 7) is 4.51. The van der Waals surface area contributed by atoms with E-state index in [1.165, 1.54) is 0 Å². The molecule has 0 spiro atoms. The van der Waals surface area contributed by atoms with Crippen molar-refractivity contribution >= 4 is 5.91 Å². The zero-order valence-corrected chi connectivity index (χ0v) is 15.6. The van der Waals surface area contributed by atoms with Crippen LogP contribution in [-0.2, 0) is 11.2 Å². The molecule has 1 fully saturated rings. The number of morpholine rings is 1. The lowest BCUT2D eigenvalue weighted by Gasteiger charge is -2.26. The summed E-state index contributed by atoms with van der Waals surface area (Å²) in [5.41, 5.74) is 0.913. The van der Waals surface area contributed by atoms with Crippen molar-refractivity contribution < 1.29 is 23.4 Å². The van der Waals surface area contributed by atoms with Gasteiger partial charge in [0.2, 0.25) is 5.89 Å². The van der Waals surface area contributed by atoms with Gasteiger partial charge in [-0.2, -0.15) is 0 Å². The van der Waals surface area contributed by atoms with Gasteiger partial charge in [0, 0.05) is 26.2 Å². The number of hydrogen-bond donors (Lipinski definition) is 1. The number of nitrogens with zero attached hydrogens (tertiary/aromatic N) is 3. The summed E-state index contributed by atoms with van der Waals surface area (Å²) >= 11 is 0. The first-order chi connectivity index (χ1) is 13.2. The highest BCUT2D eigenvalue weighted by atomic mass is 16.5. The molecule has 2 heterocycles. The number of rotatable bonds is 8. The van der Waals surface area contributed by atoms with Crippen molar-refractivity contribution in [1.82, 2.24) is 20.4 Å². The smallest absolute Gasteiger partial charge is 0.308 e. The van der Waals surface area contributed by atoms with Crippen LogP contribution in [0.2, 0.25) is 0 Å². The third kappa shape index (κ3) is 5.18. The number of methoxy groups -OCH3 is 2. The molecule has 27 heavy (non-hydrogen) atoms. The summed E-state index contributed by atoms with van der Waals surface area (Å²) in [4.78, 5) is 14.4. The topological polar surface area (TPSA) is 99.0 Å². The molecule has 3 rings (SSSR count). The molecule has 1 N–H and O–H groups in total. The molecule has 0 unspecified atom stereocenters. The molecule has 1 aliphatic heterocycles. The second-order valence-electron chi connectivity index (χ2n) is 6.08. The van der Waals surface area contributed by atoms with E-state index in [1.807, 2.05) is 18.2 Å². The zero-order chi connectivity index (χ0) is 19.1. The molecule has 0 aliphatic carbocycles. The fourth-order valence-electron chi connectivity index (χ4n) is 2.81. The Balaban J connectivity index is 1.52. The molecule has 1 saturated heterocycles. The lowest BCUT2D eigenvalue weighted by molar-refractivity contribution is 0.0382. The van der Waals surface area contributed by atoms with Gasteiger partial charge < -0.3 is 23.9 Å². The molecule has 2 aromatic rings. The summed E-state index contributed by atoms with van der Waals surface area (Å²) in [7, 11) is 3.16. The number of benzene rings is 1. The van der Waals surface area contributed by atoms with Crippen molar-refractivity contribution in [2.24, 2.45) is 0 Å². The van der Waals surface area contributed by atoms with Gasteiger partial charge in [-0.15, -0.1) is 10.2 Å². The van der Waals surface area contributed by atoms with Crippen molar-refractivity contribution in [3.8, 4) is 11.5 Å². The van der Waals surface area contributed by atoms with Crippen LogP contribution in [-0.4, -0.2) is 74.6 Å². The highest BCUT2D eigenvalue weighted by Crippen LogP contribution is 2.28. The minimum atomic E-state index is -0.366. The van der Waals surface area contributed by atoms with Crippen molar-refractivity contribution in [3.05, 3.63) is 35.5 Å². The first kappa shape index (κ1) is 19.1. The predicted molar refractivity (Wildman–Crippen MR) is 96.2 cm³/mol. The number of aromatic nitrogens is 2. The highest BCUT2D eigenvalue weighted by molar-refractivity contribution is 5.89. The molecular formula is C18H24N4O5. The molecule has 1 aliphatic rings. The largest absolute Gasteiger partial charge is 0.493 e. The average Bonchev–Trinajstić information content (AvgIpc) is 3.17. The van der Waals surface area contributed by atoms with Gasteiger partial charge in [0.05, 0.1) is 33.9 Å². The van der Waals surface area contributed by atoms with E-state index in [0.717, 1.165) is 38.4 Å². The van der Waals surface area contributed by atoms with E-state index < -0.39 is 0 Å². The Hall–Kier alpha value is -2.65. The lowest BCUT2D eigenvalue weighted by atomic mass is 10.1. The van der Waals surface area contributed by atoms with Gasteiger partial charge in [-0.05, 0) is 17.7 Å². The van der Waals surface area contributed by atoms with Crippen molar-refractivity contribution in [1.29, 1.82) is 0 Å². The molecule has 9 nitrogen and oxygen atoms in total. The van der Waals surface area contributed by atoms with Gasteiger partial charge in [-0.25, -0.2) is 0 Å². The van der Waals surface area contributed by atoms with Crippen molar-refractivity contribution in [2.45, 2.75) is 6.42 Å². The van der Waals surface area contributed by atoms with E-state index in [-0.39, 0.29) is 11.8 Å². The second-order valence-corrected chi connectivity index (χ2v) is 6.08. The maximum Gasteiger partial charge on any atom is 0.308 e. The number of carbonyl (C=O) groups excluding carboxylic acids is 1. The molecule has 0 saturated carbocycles. The SMILES string of the molecule is COc1ccc(Cc2nnc(C(=O)NCCN3CCOCC3)o2)cc1OC. The molecule has 9 heteroatoms. The Bertz CT molecular complexity index is 758. The molecule has 1 aromatic heterocycles. The van der Waals surface area contributed by atoms with E-state index in [4.69, 9.17) is 18.6 Å². The average molecular weight is 376 g/mol. The van der Waals surface area contributed by atoms with E-state index in [1.54, 1.807) is 14.2 Å². The number of ether oxygens (including phenoxy) is 3. The minimum Gasteiger partial charge on any atom is -0.493 e. The summed E-state index contributed by atoms with van der Waals surface area (Å²) < 4.78 is 21.3. The van der Waals surface area contributed by atoms with E-state index >= 15 is 0 Å². The van der Waals surface area contributed by atoms with E-state index in [0.29, 0.717) is 30.4 Å². The molecule has 1 aromatic carbocycles. The molecule has 0 bridgehead atoms. The molecule has 0 atom stereocenters. The highest BCUT2D eigenvalue weighted by Gasteiger charge is 2.16. The minimum absolute atomic E-state index is 0.0348. The van der Waals surface area contributed by atoms with E-state index in [2.05, 4.69) is 20.4 Å². The van der Waals surface area contributed by atoms with Crippen LogP contribution in [0.15, 0.2) is 22.6 Å². The summed E-state index contributed by atoms with van der Waals surface area (Å²) in [5, 5.41) is 10.6. The second kappa shape index (κ2) is 9.33. The van der Waals surface area contributed by atoms with Gasteiger partial charge in [-0.1, -0.05) is 6.07 Å². The molecular weight excluding hydrogens is 352 g/mol. The van der Waals surface area contributed by atoms with Gasteiger partial charge in [0.25, 0.3) is 0 Å². The van der Waals surface area contributed by atoms with Crippen molar-refractivity contribution in [3.63, 3.8) is 0 Å². The van der Waals surface area contributed by atoms with Gasteiger partial charge >= 0.3 is 11.8 Å². The maximum atomic E-state index is 12.1. The van der Waals surface area contributed by atoms with Crippen LogP contribution >= 0.6 is 0 Å². The van der Waals surface area contributed by atoms with Crippen LogP contribution in [0.4, 0.5) is 0 Å². The Labute approximate surface area is 157 Å². The normalized spacial score (nSPS) is 14.7.